The smallest absolute Gasteiger partial charge is 0.0577 e. The molecule has 9 atom stereocenters. The third kappa shape index (κ3) is 4.00. The summed E-state index contributed by atoms with van der Waals surface area (Å²) in [6.07, 6.45) is 19.1. The van der Waals surface area contributed by atoms with Gasteiger partial charge in [0.05, 0.1) is 6.10 Å². The van der Waals surface area contributed by atoms with Gasteiger partial charge in [0, 0.05) is 0 Å². The van der Waals surface area contributed by atoms with Crippen molar-refractivity contribution in [2.45, 2.75) is 118 Å². The van der Waals surface area contributed by atoms with E-state index in [4.69, 9.17) is 0 Å². The highest BCUT2D eigenvalue weighted by Crippen LogP contribution is 2.67. The summed E-state index contributed by atoms with van der Waals surface area (Å²) in [5.74, 6) is 5.23. The predicted octanol–water partition coefficient (Wildman–Crippen LogP) is 8.34. The van der Waals surface area contributed by atoms with Crippen LogP contribution in [-0.4, -0.2) is 11.2 Å². The highest BCUT2D eigenvalue weighted by Gasteiger charge is 2.59. The van der Waals surface area contributed by atoms with E-state index in [0.717, 1.165) is 48.3 Å². The van der Waals surface area contributed by atoms with Gasteiger partial charge in [-0.15, -0.1) is 0 Å². The maximum absolute atomic E-state index is 10.3. The molecule has 4 rings (SSSR count). The third-order valence-electron chi connectivity index (χ3n) is 11.3. The molecule has 0 unspecified atom stereocenters. The van der Waals surface area contributed by atoms with Gasteiger partial charge in [-0.3, -0.25) is 0 Å². The largest absolute Gasteiger partial charge is 0.393 e. The summed E-state index contributed by atoms with van der Waals surface area (Å²) < 4.78 is 0. The number of fused-ring (bicyclic) bond motifs is 5. The van der Waals surface area contributed by atoms with Crippen LogP contribution in [0.1, 0.15) is 112 Å². The van der Waals surface area contributed by atoms with Gasteiger partial charge in [0.15, 0.2) is 0 Å². The summed E-state index contributed by atoms with van der Waals surface area (Å²) in [5, 5.41) is 10.3. The zero-order valence-corrected chi connectivity index (χ0v) is 21.4. The van der Waals surface area contributed by atoms with E-state index < -0.39 is 0 Å². The van der Waals surface area contributed by atoms with Gasteiger partial charge >= 0.3 is 0 Å². The van der Waals surface area contributed by atoms with Crippen molar-refractivity contribution in [2.24, 2.45) is 46.3 Å². The Morgan fingerprint density at radius 3 is 2.58 bits per heavy atom. The zero-order chi connectivity index (χ0) is 22.4. The van der Waals surface area contributed by atoms with Crippen molar-refractivity contribution >= 4 is 0 Å². The van der Waals surface area contributed by atoms with Crippen LogP contribution in [0.15, 0.2) is 23.3 Å². The van der Waals surface area contributed by atoms with Crippen molar-refractivity contribution in [3.63, 3.8) is 0 Å². The van der Waals surface area contributed by atoms with Gasteiger partial charge in [0.25, 0.3) is 0 Å². The second kappa shape index (κ2) is 9.00. The molecule has 0 aromatic carbocycles. The molecule has 0 aromatic rings. The van der Waals surface area contributed by atoms with E-state index in [-0.39, 0.29) is 6.10 Å². The van der Waals surface area contributed by atoms with Crippen LogP contribution in [0.5, 0.6) is 0 Å². The molecule has 4 aliphatic rings. The summed E-state index contributed by atoms with van der Waals surface area (Å²) in [6, 6.07) is 0. The minimum atomic E-state index is -0.0837. The maximum atomic E-state index is 10.3. The zero-order valence-electron chi connectivity index (χ0n) is 21.4. The fourth-order valence-electron chi connectivity index (χ4n) is 9.35. The molecular formula is C30H50O. The van der Waals surface area contributed by atoms with Crippen LogP contribution in [0.3, 0.4) is 0 Å². The summed E-state index contributed by atoms with van der Waals surface area (Å²) in [5.41, 5.74) is 4.21. The monoisotopic (exact) mass is 426 g/mol. The van der Waals surface area contributed by atoms with Crippen molar-refractivity contribution in [3.8, 4) is 0 Å². The Balaban J connectivity index is 1.46. The summed E-state index contributed by atoms with van der Waals surface area (Å²) in [4.78, 5) is 0. The number of hydrogen-bond acceptors (Lipinski definition) is 1. The number of rotatable bonds is 6. The summed E-state index contributed by atoms with van der Waals surface area (Å²) >= 11 is 0. The lowest BCUT2D eigenvalue weighted by Gasteiger charge is -2.58. The minimum Gasteiger partial charge on any atom is -0.393 e. The standard InChI is InChI=1S/C30H50O/c1-7-22(8-2)20(3)9-10-21(4)26-13-14-27-25-12-11-23-19-24(31)15-17-29(23,5)28(25)16-18-30(26,27)6/h7,11,20-21,24-28,31H,8-10,12-19H2,1-6H3/b22-7+/t20-,21-,24+,25+,26-,27+,28+,29+,30-/m1/s1. The molecule has 0 saturated heterocycles. The SMILES string of the molecule is C/C=C(\CC)[C@H](C)CC[C@@H](C)[C@H]1CC[C@H]2[C@@H]3CC=C4C[C@@H](O)CC[C@]4(C)[C@H]3CC[C@]12C. The molecule has 0 heterocycles. The Morgan fingerprint density at radius 2 is 1.87 bits per heavy atom. The second-order valence-electron chi connectivity index (χ2n) is 12.6. The first-order chi connectivity index (χ1) is 14.7. The van der Waals surface area contributed by atoms with Crippen molar-refractivity contribution in [1.29, 1.82) is 0 Å². The molecule has 0 radical (unpaired) electrons. The van der Waals surface area contributed by atoms with Crippen molar-refractivity contribution in [2.75, 3.05) is 0 Å². The van der Waals surface area contributed by atoms with Gasteiger partial charge in [-0.25, -0.2) is 0 Å². The fraction of sp³-hybridized carbons (Fsp3) is 0.867. The predicted molar refractivity (Wildman–Crippen MR) is 133 cm³/mol. The Morgan fingerprint density at radius 1 is 1.10 bits per heavy atom. The summed E-state index contributed by atoms with van der Waals surface area (Å²) in [7, 11) is 0. The number of aliphatic hydroxyl groups is 1. The van der Waals surface area contributed by atoms with Crippen LogP contribution in [0.2, 0.25) is 0 Å². The van der Waals surface area contributed by atoms with E-state index >= 15 is 0 Å². The highest BCUT2D eigenvalue weighted by atomic mass is 16.3. The molecule has 0 amide bonds. The van der Waals surface area contributed by atoms with E-state index in [1.807, 2.05) is 0 Å². The van der Waals surface area contributed by atoms with Crippen molar-refractivity contribution in [1.82, 2.24) is 0 Å². The Labute approximate surface area is 193 Å². The first-order valence-corrected chi connectivity index (χ1v) is 13.8. The lowest BCUT2D eigenvalue weighted by molar-refractivity contribution is -0.0573. The van der Waals surface area contributed by atoms with E-state index in [1.165, 1.54) is 57.8 Å². The Kier molecular flexibility index (Phi) is 6.85. The van der Waals surface area contributed by atoms with Crippen LogP contribution in [0.25, 0.3) is 0 Å². The number of hydrogen-bond donors (Lipinski definition) is 1. The van der Waals surface area contributed by atoms with E-state index in [9.17, 15) is 5.11 Å². The average molecular weight is 427 g/mol. The molecular weight excluding hydrogens is 376 g/mol. The molecule has 0 spiro atoms. The summed E-state index contributed by atoms with van der Waals surface area (Å²) in [6.45, 7) is 14.8. The van der Waals surface area contributed by atoms with E-state index in [2.05, 4.69) is 53.7 Å². The molecule has 0 aliphatic heterocycles. The van der Waals surface area contributed by atoms with Gasteiger partial charge in [0.1, 0.15) is 0 Å². The van der Waals surface area contributed by atoms with E-state index in [1.54, 1.807) is 11.1 Å². The first kappa shape index (κ1) is 23.6. The van der Waals surface area contributed by atoms with Crippen LogP contribution in [0, 0.1) is 46.3 Å². The van der Waals surface area contributed by atoms with Crippen LogP contribution < -0.4 is 0 Å². The molecule has 0 bridgehead atoms. The lowest BCUT2D eigenvalue weighted by atomic mass is 9.47. The molecule has 1 heteroatoms. The topological polar surface area (TPSA) is 20.2 Å². The van der Waals surface area contributed by atoms with Crippen LogP contribution in [-0.2, 0) is 0 Å². The molecule has 31 heavy (non-hydrogen) atoms. The van der Waals surface area contributed by atoms with Gasteiger partial charge < -0.3 is 5.11 Å². The molecule has 3 fully saturated rings. The first-order valence-electron chi connectivity index (χ1n) is 13.8. The van der Waals surface area contributed by atoms with Gasteiger partial charge in [-0.2, -0.15) is 0 Å². The lowest BCUT2D eigenvalue weighted by Crippen LogP contribution is -2.50. The molecule has 1 N–H and O–H groups in total. The molecule has 176 valence electrons. The highest BCUT2D eigenvalue weighted by molar-refractivity contribution is 5.25. The molecule has 0 aromatic heterocycles. The number of allylic oxidation sites excluding steroid dienone is 3. The fourth-order valence-corrected chi connectivity index (χ4v) is 9.35. The van der Waals surface area contributed by atoms with Crippen LogP contribution in [0.4, 0.5) is 0 Å². The van der Waals surface area contributed by atoms with Gasteiger partial charge in [0.2, 0.25) is 0 Å². The Bertz CT molecular complexity index is 703. The molecule has 3 saturated carbocycles. The van der Waals surface area contributed by atoms with Gasteiger partial charge in [-0.1, -0.05) is 57.9 Å². The minimum absolute atomic E-state index is 0.0837. The van der Waals surface area contributed by atoms with Crippen LogP contribution >= 0.6 is 0 Å². The molecule has 4 aliphatic carbocycles. The number of aliphatic hydroxyl groups excluding tert-OH is 1. The quantitative estimate of drug-likeness (QED) is 0.423. The maximum Gasteiger partial charge on any atom is 0.0577 e. The van der Waals surface area contributed by atoms with E-state index in [0.29, 0.717) is 10.8 Å². The third-order valence-corrected chi connectivity index (χ3v) is 11.3. The van der Waals surface area contributed by atoms with Gasteiger partial charge in [-0.05, 0) is 124 Å². The average Bonchev–Trinajstić information content (AvgIpc) is 3.10. The molecule has 1 nitrogen and oxygen atoms in total. The normalized spacial score (nSPS) is 44.7. The Hall–Kier alpha value is -0.560. The second-order valence-corrected chi connectivity index (χ2v) is 12.6. The van der Waals surface area contributed by atoms with Crippen molar-refractivity contribution < 1.29 is 5.11 Å². The van der Waals surface area contributed by atoms with Crippen molar-refractivity contribution in [3.05, 3.63) is 23.3 Å².